The van der Waals surface area contributed by atoms with Crippen molar-refractivity contribution in [3.05, 3.63) is 33.7 Å². The highest BCUT2D eigenvalue weighted by Gasteiger charge is 2.67. The Bertz CT molecular complexity index is 903. The molecule has 0 unspecified atom stereocenters. The number of nitrogens with two attached hydrogens (primary N) is 1. The summed E-state index contributed by atoms with van der Waals surface area (Å²) in [5.41, 5.74) is 3.06. The first kappa shape index (κ1) is 22.1. The van der Waals surface area contributed by atoms with Gasteiger partial charge in [-0.3, -0.25) is 14.5 Å². The molecule has 3 rings (SSSR count). The molecule has 1 fully saturated rings. The number of fused-ring (bicyclic) bond motifs is 1. The molecule has 1 saturated heterocycles. The lowest BCUT2D eigenvalue weighted by Crippen LogP contribution is -2.81. The minimum Gasteiger partial charge on any atom is -0.477 e. The van der Waals surface area contributed by atoms with Crippen LogP contribution in [-0.2, 0) is 28.6 Å². The van der Waals surface area contributed by atoms with E-state index in [1.807, 2.05) is 0 Å². The van der Waals surface area contributed by atoms with Gasteiger partial charge in [0.1, 0.15) is 17.7 Å². The standard InChI is InChI=1S/C17H19N3O8S2/c1-26-11(9-4-3-5-29-9)12(21)19-17(27-2)14(24)20-10(13(22)23)8(6-28-16(18)25)7-30-15(17)20/h3-5,11,15H,6-7H2,1-2H3,(H2,18,25)(H,19,21)(H,22,23)/t11-,15+,17-/m0/s1. The fraction of sp³-hybridized carbons (Fsp3) is 0.412. The summed E-state index contributed by atoms with van der Waals surface area (Å²) in [6.07, 6.45) is -2.02. The molecule has 0 bridgehead atoms. The predicted molar refractivity (Wildman–Crippen MR) is 105 cm³/mol. The molecular weight excluding hydrogens is 438 g/mol. The molecule has 0 aliphatic carbocycles. The summed E-state index contributed by atoms with van der Waals surface area (Å²) in [6.45, 7) is -0.364. The van der Waals surface area contributed by atoms with Crippen LogP contribution in [0.25, 0.3) is 0 Å². The van der Waals surface area contributed by atoms with Crippen molar-refractivity contribution in [2.24, 2.45) is 5.73 Å². The number of carbonyl (C=O) groups excluding carboxylic acids is 3. The van der Waals surface area contributed by atoms with Gasteiger partial charge in [0.05, 0.1) is 0 Å². The minimum atomic E-state index is -1.76. The summed E-state index contributed by atoms with van der Waals surface area (Å²) in [7, 11) is 2.61. The number of thiophene rings is 1. The normalized spacial score (nSPS) is 24.0. The summed E-state index contributed by atoms with van der Waals surface area (Å²) in [4.78, 5) is 50.1. The van der Waals surface area contributed by atoms with E-state index in [1.165, 1.54) is 25.6 Å². The van der Waals surface area contributed by atoms with E-state index < -0.39 is 41.1 Å². The Labute approximate surface area is 179 Å². The second-order valence-electron chi connectivity index (χ2n) is 6.26. The monoisotopic (exact) mass is 457 g/mol. The average Bonchev–Trinajstić information content (AvgIpc) is 3.24. The molecule has 3 amide bonds. The zero-order valence-corrected chi connectivity index (χ0v) is 17.6. The van der Waals surface area contributed by atoms with Gasteiger partial charge in [-0.25, -0.2) is 9.59 Å². The lowest BCUT2D eigenvalue weighted by Gasteiger charge is -2.55. The number of ether oxygens (including phenoxy) is 3. The van der Waals surface area contributed by atoms with Gasteiger partial charge in [0.25, 0.3) is 17.5 Å². The van der Waals surface area contributed by atoms with Gasteiger partial charge in [0.2, 0.25) is 0 Å². The van der Waals surface area contributed by atoms with Crippen LogP contribution in [0.3, 0.4) is 0 Å². The van der Waals surface area contributed by atoms with Gasteiger partial charge < -0.3 is 30.4 Å². The minimum absolute atomic E-state index is 0.128. The van der Waals surface area contributed by atoms with Crippen molar-refractivity contribution in [1.82, 2.24) is 10.2 Å². The number of carboxylic acid groups (broad SMARTS) is 1. The maximum Gasteiger partial charge on any atom is 0.404 e. The number of carboxylic acids is 1. The molecular formula is C17H19N3O8S2. The molecule has 1 aromatic rings. The topological polar surface area (TPSA) is 157 Å². The predicted octanol–water partition coefficient (Wildman–Crippen LogP) is 0.244. The van der Waals surface area contributed by atoms with Crippen LogP contribution in [0.5, 0.6) is 0 Å². The summed E-state index contributed by atoms with van der Waals surface area (Å²) in [6, 6.07) is 3.48. The molecule has 0 spiro atoms. The average molecular weight is 457 g/mol. The van der Waals surface area contributed by atoms with Crippen molar-refractivity contribution in [1.29, 1.82) is 0 Å². The van der Waals surface area contributed by atoms with Crippen molar-refractivity contribution in [2.45, 2.75) is 17.2 Å². The lowest BCUT2D eigenvalue weighted by molar-refractivity contribution is -0.194. The Balaban J connectivity index is 1.86. The van der Waals surface area contributed by atoms with Gasteiger partial charge in [-0.2, -0.15) is 0 Å². The van der Waals surface area contributed by atoms with E-state index in [0.29, 0.717) is 4.88 Å². The number of methoxy groups -OCH3 is 2. The molecule has 30 heavy (non-hydrogen) atoms. The number of carbonyl (C=O) groups is 4. The summed E-state index contributed by atoms with van der Waals surface area (Å²) >= 11 is 2.48. The van der Waals surface area contributed by atoms with Gasteiger partial charge in [-0.05, 0) is 11.4 Å². The van der Waals surface area contributed by atoms with Gasteiger partial charge in [0, 0.05) is 30.4 Å². The zero-order valence-electron chi connectivity index (χ0n) is 15.9. The number of nitrogens with zero attached hydrogens (tertiary/aromatic N) is 1. The first-order valence-electron chi connectivity index (χ1n) is 8.53. The van der Waals surface area contributed by atoms with Crippen LogP contribution in [0.15, 0.2) is 28.8 Å². The Morgan fingerprint density at radius 2 is 2.17 bits per heavy atom. The number of hydrogen-bond acceptors (Lipinski definition) is 9. The van der Waals surface area contributed by atoms with Gasteiger partial charge in [0.15, 0.2) is 6.10 Å². The van der Waals surface area contributed by atoms with Crippen LogP contribution < -0.4 is 11.1 Å². The van der Waals surface area contributed by atoms with E-state index in [2.05, 4.69) is 10.1 Å². The van der Waals surface area contributed by atoms with Crippen LogP contribution in [0.1, 0.15) is 11.0 Å². The third-order valence-corrected chi connectivity index (χ3v) is 6.90. The number of amides is 3. The van der Waals surface area contributed by atoms with Crippen molar-refractivity contribution in [3.63, 3.8) is 0 Å². The number of aliphatic carboxylic acids is 1. The second-order valence-corrected chi connectivity index (χ2v) is 8.31. The van der Waals surface area contributed by atoms with E-state index in [0.717, 1.165) is 16.7 Å². The SMILES string of the molecule is CO[C@H](C(=O)N[C@]1(OC)C(=O)N2C(C(=O)O)=C(COC(N)=O)CS[C@@H]21)c1cccs1. The van der Waals surface area contributed by atoms with E-state index >= 15 is 0 Å². The highest BCUT2D eigenvalue weighted by Crippen LogP contribution is 2.47. The van der Waals surface area contributed by atoms with Crippen LogP contribution in [0, 0.1) is 0 Å². The number of hydrogen-bond donors (Lipinski definition) is 3. The zero-order chi connectivity index (χ0) is 22.1. The number of rotatable bonds is 8. The Kier molecular flexibility index (Phi) is 6.36. The highest BCUT2D eigenvalue weighted by molar-refractivity contribution is 8.00. The van der Waals surface area contributed by atoms with Crippen molar-refractivity contribution < 1.29 is 38.5 Å². The number of nitrogens with one attached hydrogen (secondary N) is 1. The highest BCUT2D eigenvalue weighted by atomic mass is 32.2. The molecule has 3 heterocycles. The first-order valence-corrected chi connectivity index (χ1v) is 10.5. The molecule has 1 aromatic heterocycles. The Hall–Kier alpha value is -2.61. The van der Waals surface area contributed by atoms with Crippen molar-refractivity contribution in [2.75, 3.05) is 26.6 Å². The molecule has 11 nitrogen and oxygen atoms in total. The molecule has 162 valence electrons. The third kappa shape index (κ3) is 3.64. The molecule has 3 atom stereocenters. The van der Waals surface area contributed by atoms with Crippen molar-refractivity contribution in [3.8, 4) is 0 Å². The molecule has 0 saturated carbocycles. The smallest absolute Gasteiger partial charge is 0.404 e. The molecule has 2 aliphatic rings. The van der Waals surface area contributed by atoms with Gasteiger partial charge >= 0.3 is 12.1 Å². The number of primary amides is 1. The molecule has 4 N–H and O–H groups in total. The first-order chi connectivity index (χ1) is 14.3. The second kappa shape index (κ2) is 8.63. The largest absolute Gasteiger partial charge is 0.477 e. The number of thioether (sulfide) groups is 1. The summed E-state index contributed by atoms with van der Waals surface area (Å²) < 4.78 is 15.3. The quantitative estimate of drug-likeness (QED) is 0.367. The van der Waals surface area contributed by atoms with Crippen LogP contribution in [-0.4, -0.2) is 71.6 Å². The fourth-order valence-corrected chi connectivity index (χ4v) is 5.47. The summed E-state index contributed by atoms with van der Waals surface area (Å²) in [5.74, 6) is -2.60. The van der Waals surface area contributed by atoms with Crippen LogP contribution in [0.2, 0.25) is 0 Å². The van der Waals surface area contributed by atoms with E-state index in [4.69, 9.17) is 15.2 Å². The van der Waals surface area contributed by atoms with Gasteiger partial charge in [-0.1, -0.05) is 6.07 Å². The third-order valence-electron chi connectivity index (χ3n) is 4.61. The molecule has 0 aromatic carbocycles. The van der Waals surface area contributed by atoms with Crippen molar-refractivity contribution >= 4 is 47.0 Å². The molecule has 2 aliphatic heterocycles. The molecule has 13 heteroatoms. The fourth-order valence-electron chi connectivity index (χ4n) is 3.25. The van der Waals surface area contributed by atoms with E-state index in [1.54, 1.807) is 17.5 Å². The van der Waals surface area contributed by atoms with Crippen LogP contribution >= 0.6 is 23.1 Å². The summed E-state index contributed by atoms with van der Waals surface area (Å²) in [5, 5.41) is 13.1. The Morgan fingerprint density at radius 3 is 2.70 bits per heavy atom. The number of β-lactam (4-membered cyclic amide) rings is 1. The molecule has 0 radical (unpaired) electrons. The van der Waals surface area contributed by atoms with Gasteiger partial charge in [-0.15, -0.1) is 23.1 Å². The maximum absolute atomic E-state index is 13.0. The lowest BCUT2D eigenvalue weighted by atomic mass is 9.97. The maximum atomic E-state index is 13.0. The van der Waals surface area contributed by atoms with E-state index in [-0.39, 0.29) is 23.6 Å². The van der Waals surface area contributed by atoms with Crippen LogP contribution in [0.4, 0.5) is 4.79 Å². The Morgan fingerprint density at radius 1 is 1.43 bits per heavy atom. The van der Waals surface area contributed by atoms with E-state index in [9.17, 15) is 24.3 Å².